The first-order valence-electron chi connectivity index (χ1n) is 3.67. The van der Waals surface area contributed by atoms with Gasteiger partial charge in [0.1, 0.15) is 0 Å². The van der Waals surface area contributed by atoms with Gasteiger partial charge in [-0.2, -0.15) is 0 Å². The summed E-state index contributed by atoms with van der Waals surface area (Å²) in [5, 5.41) is 0. The van der Waals surface area contributed by atoms with Crippen molar-refractivity contribution in [3.8, 4) is 0 Å². The van der Waals surface area contributed by atoms with Crippen LogP contribution < -0.4 is 5.73 Å². The smallest absolute Gasteiger partial charge is 0.0193 e. The molecule has 1 heterocycles. The standard InChI is InChI=1S/C6H10N2.C2H6/c1-5-2-6(3-7)4-8-5;1-2/h2,4,8H,3,7H2,1H3;1-2H3. The van der Waals surface area contributed by atoms with E-state index in [0.717, 1.165) is 0 Å². The van der Waals surface area contributed by atoms with E-state index >= 15 is 0 Å². The Labute approximate surface area is 62.4 Å². The van der Waals surface area contributed by atoms with Crippen LogP contribution in [-0.2, 0) is 6.54 Å². The maximum absolute atomic E-state index is 5.34. The molecule has 0 unspecified atom stereocenters. The molecular formula is C8H16N2. The molecule has 58 valence electrons. The maximum atomic E-state index is 5.34. The van der Waals surface area contributed by atoms with Crippen molar-refractivity contribution in [2.75, 3.05) is 0 Å². The maximum Gasteiger partial charge on any atom is 0.0193 e. The fraction of sp³-hybridized carbons (Fsp3) is 0.500. The van der Waals surface area contributed by atoms with Gasteiger partial charge in [0.25, 0.3) is 0 Å². The normalized spacial score (nSPS) is 8.40. The molecule has 3 N–H and O–H groups in total. The molecule has 0 saturated carbocycles. The van der Waals surface area contributed by atoms with Crippen molar-refractivity contribution < 1.29 is 0 Å². The van der Waals surface area contributed by atoms with Gasteiger partial charge in [-0.25, -0.2) is 0 Å². The lowest BCUT2D eigenvalue weighted by atomic mass is 10.3. The SMILES string of the molecule is CC.Cc1cc(CN)c[nH]1. The summed E-state index contributed by atoms with van der Waals surface area (Å²) in [5.41, 5.74) is 7.68. The zero-order valence-electron chi connectivity index (χ0n) is 6.94. The van der Waals surface area contributed by atoms with Gasteiger partial charge in [-0.05, 0) is 18.6 Å². The molecular weight excluding hydrogens is 124 g/mol. The van der Waals surface area contributed by atoms with Crippen LogP contribution in [0.1, 0.15) is 25.1 Å². The number of rotatable bonds is 1. The van der Waals surface area contributed by atoms with Crippen LogP contribution >= 0.6 is 0 Å². The highest BCUT2D eigenvalue weighted by atomic mass is 14.7. The fourth-order valence-electron chi connectivity index (χ4n) is 0.686. The minimum Gasteiger partial charge on any atom is -0.365 e. The Hall–Kier alpha value is -0.760. The largest absolute Gasteiger partial charge is 0.365 e. The van der Waals surface area contributed by atoms with Gasteiger partial charge in [-0.15, -0.1) is 0 Å². The molecule has 0 radical (unpaired) electrons. The van der Waals surface area contributed by atoms with Crippen LogP contribution in [0.4, 0.5) is 0 Å². The molecule has 0 amide bonds. The number of aromatic amines is 1. The van der Waals surface area contributed by atoms with Crippen molar-refractivity contribution in [2.45, 2.75) is 27.3 Å². The van der Waals surface area contributed by atoms with E-state index in [2.05, 4.69) is 4.98 Å². The van der Waals surface area contributed by atoms with Gasteiger partial charge in [0, 0.05) is 18.4 Å². The van der Waals surface area contributed by atoms with Crippen LogP contribution in [0.25, 0.3) is 0 Å². The van der Waals surface area contributed by atoms with Crippen molar-refractivity contribution in [3.05, 3.63) is 23.5 Å². The minimum absolute atomic E-state index is 0.629. The summed E-state index contributed by atoms with van der Waals surface area (Å²) in [6.07, 6.45) is 1.93. The third kappa shape index (κ3) is 2.69. The molecule has 0 aliphatic carbocycles. The number of hydrogen-bond acceptors (Lipinski definition) is 1. The van der Waals surface area contributed by atoms with Gasteiger partial charge in [-0.3, -0.25) is 0 Å². The predicted molar refractivity (Wildman–Crippen MR) is 44.8 cm³/mol. The second kappa shape index (κ2) is 5.06. The Bertz CT molecular complexity index is 168. The number of nitrogens with two attached hydrogens (primary N) is 1. The van der Waals surface area contributed by atoms with Crippen LogP contribution in [-0.4, -0.2) is 4.98 Å². The summed E-state index contributed by atoms with van der Waals surface area (Å²) >= 11 is 0. The summed E-state index contributed by atoms with van der Waals surface area (Å²) in [7, 11) is 0. The van der Waals surface area contributed by atoms with Crippen LogP contribution in [0.3, 0.4) is 0 Å². The molecule has 0 aliphatic rings. The number of hydrogen-bond donors (Lipinski definition) is 2. The molecule has 0 saturated heterocycles. The Kier molecular flexibility index (Phi) is 4.67. The molecule has 1 aromatic rings. The van der Waals surface area contributed by atoms with E-state index in [-0.39, 0.29) is 0 Å². The third-order valence-electron chi connectivity index (χ3n) is 1.12. The van der Waals surface area contributed by atoms with Gasteiger partial charge in [-0.1, -0.05) is 13.8 Å². The van der Waals surface area contributed by atoms with Crippen molar-refractivity contribution in [3.63, 3.8) is 0 Å². The number of nitrogens with one attached hydrogen (secondary N) is 1. The summed E-state index contributed by atoms with van der Waals surface area (Å²) in [4.78, 5) is 3.04. The van der Waals surface area contributed by atoms with E-state index in [1.165, 1.54) is 11.3 Å². The van der Waals surface area contributed by atoms with E-state index in [1.54, 1.807) is 0 Å². The first-order chi connectivity index (χ1) is 4.83. The Balaban J connectivity index is 0.000000371. The van der Waals surface area contributed by atoms with Crippen molar-refractivity contribution in [1.29, 1.82) is 0 Å². The molecule has 0 atom stereocenters. The van der Waals surface area contributed by atoms with Gasteiger partial charge < -0.3 is 10.7 Å². The van der Waals surface area contributed by atoms with Gasteiger partial charge in [0.05, 0.1) is 0 Å². The molecule has 0 bridgehead atoms. The van der Waals surface area contributed by atoms with Crippen molar-refractivity contribution >= 4 is 0 Å². The average Bonchev–Trinajstić information content (AvgIpc) is 2.40. The minimum atomic E-state index is 0.629. The molecule has 10 heavy (non-hydrogen) atoms. The van der Waals surface area contributed by atoms with Crippen LogP contribution in [0.5, 0.6) is 0 Å². The average molecular weight is 140 g/mol. The van der Waals surface area contributed by atoms with Gasteiger partial charge in [0.15, 0.2) is 0 Å². The zero-order valence-corrected chi connectivity index (χ0v) is 6.94. The number of H-pyrrole nitrogens is 1. The van der Waals surface area contributed by atoms with Gasteiger partial charge in [0.2, 0.25) is 0 Å². The first kappa shape index (κ1) is 9.24. The molecule has 0 fully saturated rings. The number of aromatic nitrogens is 1. The molecule has 0 aliphatic heterocycles. The summed E-state index contributed by atoms with van der Waals surface area (Å²) < 4.78 is 0. The monoisotopic (exact) mass is 140 g/mol. The zero-order chi connectivity index (χ0) is 7.98. The molecule has 2 heteroatoms. The highest BCUT2D eigenvalue weighted by molar-refractivity contribution is 5.14. The highest BCUT2D eigenvalue weighted by Gasteiger charge is 1.88. The molecule has 2 nitrogen and oxygen atoms in total. The molecule has 0 spiro atoms. The molecule has 1 aromatic heterocycles. The summed E-state index contributed by atoms with van der Waals surface area (Å²) in [5.74, 6) is 0. The summed E-state index contributed by atoms with van der Waals surface area (Å²) in [6.45, 7) is 6.64. The van der Waals surface area contributed by atoms with E-state index in [4.69, 9.17) is 5.73 Å². The summed E-state index contributed by atoms with van der Waals surface area (Å²) in [6, 6.07) is 2.04. The molecule has 0 aromatic carbocycles. The lowest BCUT2D eigenvalue weighted by molar-refractivity contribution is 1.07. The Morgan fingerprint density at radius 1 is 1.50 bits per heavy atom. The van der Waals surface area contributed by atoms with E-state index in [1.807, 2.05) is 33.0 Å². The van der Waals surface area contributed by atoms with E-state index < -0.39 is 0 Å². The molecule has 1 rings (SSSR count). The Morgan fingerprint density at radius 2 is 2.10 bits per heavy atom. The Morgan fingerprint density at radius 3 is 2.30 bits per heavy atom. The topological polar surface area (TPSA) is 41.8 Å². The van der Waals surface area contributed by atoms with Crippen molar-refractivity contribution in [2.24, 2.45) is 5.73 Å². The lowest BCUT2D eigenvalue weighted by Gasteiger charge is -1.80. The highest BCUT2D eigenvalue weighted by Crippen LogP contribution is 1.98. The van der Waals surface area contributed by atoms with Gasteiger partial charge >= 0.3 is 0 Å². The third-order valence-corrected chi connectivity index (χ3v) is 1.12. The van der Waals surface area contributed by atoms with Crippen LogP contribution in [0, 0.1) is 6.92 Å². The predicted octanol–water partition coefficient (Wildman–Crippen LogP) is 1.81. The van der Waals surface area contributed by atoms with Crippen molar-refractivity contribution in [1.82, 2.24) is 4.98 Å². The second-order valence-corrected chi connectivity index (χ2v) is 1.90. The lowest BCUT2D eigenvalue weighted by Crippen LogP contribution is -1.92. The van der Waals surface area contributed by atoms with Crippen LogP contribution in [0.2, 0.25) is 0 Å². The van der Waals surface area contributed by atoms with E-state index in [9.17, 15) is 0 Å². The number of aryl methyl sites for hydroxylation is 1. The second-order valence-electron chi connectivity index (χ2n) is 1.90. The fourth-order valence-corrected chi connectivity index (χ4v) is 0.686. The first-order valence-corrected chi connectivity index (χ1v) is 3.67. The quantitative estimate of drug-likeness (QED) is 0.613. The van der Waals surface area contributed by atoms with E-state index in [0.29, 0.717) is 6.54 Å². The van der Waals surface area contributed by atoms with Crippen LogP contribution in [0.15, 0.2) is 12.3 Å².